The predicted molar refractivity (Wildman–Crippen MR) is 57.4 cm³/mol. The second-order valence-corrected chi connectivity index (χ2v) is 3.33. The second-order valence-electron chi connectivity index (χ2n) is 2.89. The van der Waals surface area contributed by atoms with E-state index in [9.17, 15) is 0 Å². The first kappa shape index (κ1) is 10.6. The lowest BCUT2D eigenvalue weighted by atomic mass is 10.0. The van der Waals surface area contributed by atoms with Crippen LogP contribution in [0.5, 0.6) is 5.75 Å². The molecule has 0 radical (unpaired) electrons. The van der Waals surface area contributed by atoms with Crippen molar-refractivity contribution in [3.05, 3.63) is 34.9 Å². The van der Waals surface area contributed by atoms with Crippen LogP contribution in [-0.2, 0) is 0 Å². The van der Waals surface area contributed by atoms with Crippen molar-refractivity contribution in [2.24, 2.45) is 0 Å². The monoisotopic (exact) mass is 207 g/mol. The van der Waals surface area contributed by atoms with Crippen LogP contribution in [0.4, 0.5) is 0 Å². The molecule has 72 valence electrons. The number of benzene rings is 1. The van der Waals surface area contributed by atoms with Crippen molar-refractivity contribution in [1.29, 1.82) is 5.26 Å². The second kappa shape index (κ2) is 4.17. The molecule has 1 rings (SSSR count). The minimum absolute atomic E-state index is 0.354. The molecular weight excluding hydrogens is 198 g/mol. The first-order chi connectivity index (χ1) is 6.60. The molecular formula is C11H10ClNO. The number of nitriles is 1. The lowest BCUT2D eigenvalue weighted by Crippen LogP contribution is -1.93. The third-order valence-corrected chi connectivity index (χ3v) is 2.12. The van der Waals surface area contributed by atoms with Gasteiger partial charge in [-0.15, -0.1) is 0 Å². The fraction of sp³-hybridized carbons (Fsp3) is 0.182. The van der Waals surface area contributed by atoms with Crippen LogP contribution in [0.2, 0.25) is 5.02 Å². The number of rotatable bonds is 2. The summed E-state index contributed by atoms with van der Waals surface area (Å²) in [6.07, 6.45) is 0. The number of allylic oxidation sites excluding steroid dienone is 1. The molecule has 3 heteroatoms. The summed E-state index contributed by atoms with van der Waals surface area (Å²) in [5, 5.41) is 9.32. The summed E-state index contributed by atoms with van der Waals surface area (Å²) < 4.78 is 5.18. The summed E-state index contributed by atoms with van der Waals surface area (Å²) in [5.41, 5.74) is 1.90. The molecule has 0 unspecified atom stereocenters. The minimum atomic E-state index is 0.354. The van der Waals surface area contributed by atoms with Crippen LogP contribution in [0.3, 0.4) is 0 Å². The number of nitrogens with zero attached hydrogens (tertiary/aromatic N) is 1. The van der Waals surface area contributed by atoms with Crippen molar-refractivity contribution in [1.82, 2.24) is 0 Å². The summed E-state index contributed by atoms with van der Waals surface area (Å²) in [6, 6.07) is 5.44. The zero-order valence-corrected chi connectivity index (χ0v) is 8.85. The van der Waals surface area contributed by atoms with Gasteiger partial charge in [-0.05, 0) is 24.6 Å². The van der Waals surface area contributed by atoms with E-state index in [-0.39, 0.29) is 0 Å². The Morgan fingerprint density at radius 3 is 2.71 bits per heavy atom. The average molecular weight is 208 g/mol. The third-order valence-electron chi connectivity index (χ3n) is 1.90. The number of aryl methyl sites for hydroxylation is 1. The fourth-order valence-electron chi connectivity index (χ4n) is 1.29. The molecule has 0 bridgehead atoms. The predicted octanol–water partition coefficient (Wildman–Crippen LogP) is 3.19. The summed E-state index contributed by atoms with van der Waals surface area (Å²) in [6.45, 7) is 5.51. The van der Waals surface area contributed by atoms with Gasteiger partial charge in [-0.3, -0.25) is 0 Å². The van der Waals surface area contributed by atoms with E-state index in [1.54, 1.807) is 19.2 Å². The standard InChI is InChI=1S/C11H10ClNO/c1-7-4-9(12)5-10(8(2)6-13)11(7)14-3/h4-5H,2H2,1,3H3. The zero-order valence-electron chi connectivity index (χ0n) is 8.10. The molecule has 0 amide bonds. The van der Waals surface area contributed by atoms with E-state index in [2.05, 4.69) is 6.58 Å². The summed E-state index contributed by atoms with van der Waals surface area (Å²) in [7, 11) is 1.56. The first-order valence-electron chi connectivity index (χ1n) is 4.03. The maximum atomic E-state index is 8.74. The molecule has 0 atom stereocenters. The Labute approximate surface area is 88.4 Å². The highest BCUT2D eigenvalue weighted by atomic mass is 35.5. The molecule has 1 aromatic rings. The van der Waals surface area contributed by atoms with Gasteiger partial charge in [0.05, 0.1) is 18.8 Å². The highest BCUT2D eigenvalue weighted by Crippen LogP contribution is 2.31. The van der Waals surface area contributed by atoms with Crippen molar-refractivity contribution in [3.63, 3.8) is 0 Å². The van der Waals surface area contributed by atoms with E-state index in [1.807, 2.05) is 13.0 Å². The lowest BCUT2D eigenvalue weighted by molar-refractivity contribution is 0.410. The van der Waals surface area contributed by atoms with E-state index in [1.165, 1.54) is 0 Å². The molecule has 14 heavy (non-hydrogen) atoms. The summed E-state index contributed by atoms with van der Waals surface area (Å²) in [4.78, 5) is 0. The molecule has 2 nitrogen and oxygen atoms in total. The quantitative estimate of drug-likeness (QED) is 0.698. The van der Waals surface area contributed by atoms with Crippen molar-refractivity contribution >= 4 is 17.2 Å². The van der Waals surface area contributed by atoms with Gasteiger partial charge in [0.2, 0.25) is 0 Å². The Bertz CT molecular complexity index is 418. The van der Waals surface area contributed by atoms with Crippen LogP contribution in [0.15, 0.2) is 18.7 Å². The molecule has 0 aromatic heterocycles. The Kier molecular flexibility index (Phi) is 3.16. The largest absolute Gasteiger partial charge is 0.496 e. The topological polar surface area (TPSA) is 33.0 Å². The van der Waals surface area contributed by atoms with Crippen molar-refractivity contribution in [2.75, 3.05) is 7.11 Å². The van der Waals surface area contributed by atoms with Crippen LogP contribution in [0.25, 0.3) is 5.57 Å². The minimum Gasteiger partial charge on any atom is -0.496 e. The molecule has 0 N–H and O–H groups in total. The van der Waals surface area contributed by atoms with E-state index in [0.717, 1.165) is 5.56 Å². The van der Waals surface area contributed by atoms with Crippen molar-refractivity contribution in [3.8, 4) is 11.8 Å². The first-order valence-corrected chi connectivity index (χ1v) is 4.41. The SMILES string of the molecule is C=C(C#N)c1cc(Cl)cc(C)c1OC. The molecule has 0 fully saturated rings. The maximum absolute atomic E-state index is 8.74. The molecule has 0 saturated heterocycles. The highest BCUT2D eigenvalue weighted by molar-refractivity contribution is 6.31. The fourth-order valence-corrected chi connectivity index (χ4v) is 1.56. The van der Waals surface area contributed by atoms with Gasteiger partial charge in [-0.1, -0.05) is 18.2 Å². The molecule has 0 aliphatic rings. The number of hydrogen-bond acceptors (Lipinski definition) is 2. The van der Waals surface area contributed by atoms with Crippen LogP contribution in [-0.4, -0.2) is 7.11 Å². The lowest BCUT2D eigenvalue weighted by Gasteiger charge is -2.10. The van der Waals surface area contributed by atoms with Crippen LogP contribution < -0.4 is 4.74 Å². The Morgan fingerprint density at radius 1 is 1.57 bits per heavy atom. The summed E-state index contributed by atoms with van der Waals surface area (Å²) in [5.74, 6) is 0.654. The van der Waals surface area contributed by atoms with E-state index in [4.69, 9.17) is 21.6 Å². The maximum Gasteiger partial charge on any atom is 0.130 e. The number of hydrogen-bond donors (Lipinski definition) is 0. The number of ether oxygens (including phenoxy) is 1. The number of halogens is 1. The molecule has 0 aliphatic carbocycles. The van der Waals surface area contributed by atoms with Gasteiger partial charge >= 0.3 is 0 Å². The molecule has 0 spiro atoms. The summed E-state index contributed by atoms with van der Waals surface area (Å²) >= 11 is 5.87. The Hall–Kier alpha value is -1.46. The number of methoxy groups -OCH3 is 1. The van der Waals surface area contributed by atoms with Gasteiger partial charge in [0.1, 0.15) is 5.75 Å². The van der Waals surface area contributed by atoms with Crippen molar-refractivity contribution in [2.45, 2.75) is 6.92 Å². The Balaban J connectivity index is 3.41. The Morgan fingerprint density at radius 2 is 2.21 bits per heavy atom. The smallest absolute Gasteiger partial charge is 0.130 e. The molecule has 0 heterocycles. The molecule has 0 saturated carbocycles. The van der Waals surface area contributed by atoms with E-state index in [0.29, 0.717) is 21.9 Å². The van der Waals surface area contributed by atoms with E-state index < -0.39 is 0 Å². The van der Waals surface area contributed by atoms with Crippen molar-refractivity contribution < 1.29 is 4.74 Å². The van der Waals surface area contributed by atoms with Crippen LogP contribution in [0.1, 0.15) is 11.1 Å². The molecule has 1 aromatic carbocycles. The van der Waals surface area contributed by atoms with Crippen LogP contribution in [0, 0.1) is 18.3 Å². The van der Waals surface area contributed by atoms with Gasteiger partial charge in [-0.25, -0.2) is 0 Å². The molecule has 0 aliphatic heterocycles. The highest BCUT2D eigenvalue weighted by Gasteiger charge is 2.10. The average Bonchev–Trinajstić information content (AvgIpc) is 2.15. The van der Waals surface area contributed by atoms with Gasteiger partial charge < -0.3 is 4.74 Å². The zero-order chi connectivity index (χ0) is 10.7. The van der Waals surface area contributed by atoms with E-state index >= 15 is 0 Å². The van der Waals surface area contributed by atoms with Gasteiger partial charge in [0, 0.05) is 10.6 Å². The van der Waals surface area contributed by atoms with Gasteiger partial charge in [0.15, 0.2) is 0 Å². The van der Waals surface area contributed by atoms with Gasteiger partial charge in [-0.2, -0.15) is 5.26 Å². The van der Waals surface area contributed by atoms with Gasteiger partial charge in [0.25, 0.3) is 0 Å². The normalized spacial score (nSPS) is 9.29. The third kappa shape index (κ3) is 1.89. The van der Waals surface area contributed by atoms with Crippen LogP contribution >= 0.6 is 11.6 Å².